The molecule has 0 saturated heterocycles. The predicted octanol–water partition coefficient (Wildman–Crippen LogP) is 2.70. The van der Waals surface area contributed by atoms with E-state index in [2.05, 4.69) is 0 Å². The molecule has 88 valence electrons. The van der Waals surface area contributed by atoms with Crippen LogP contribution in [0, 0.1) is 6.92 Å². The first-order valence-corrected chi connectivity index (χ1v) is 5.30. The van der Waals surface area contributed by atoms with Crippen molar-refractivity contribution >= 4 is 6.29 Å². The van der Waals surface area contributed by atoms with Crippen molar-refractivity contribution in [2.24, 2.45) is 0 Å². The van der Waals surface area contributed by atoms with Crippen LogP contribution in [0.2, 0.25) is 0 Å². The number of aryl methyl sites for hydroxylation is 1. The van der Waals surface area contributed by atoms with Crippen molar-refractivity contribution < 1.29 is 14.3 Å². The van der Waals surface area contributed by atoms with Crippen molar-refractivity contribution in [1.29, 1.82) is 0 Å². The fourth-order valence-electron chi connectivity index (χ4n) is 1.77. The number of carbonyl (C=O) groups is 1. The third-order valence-electron chi connectivity index (χ3n) is 2.63. The van der Waals surface area contributed by atoms with Gasteiger partial charge in [-0.1, -0.05) is 13.0 Å². The van der Waals surface area contributed by atoms with E-state index in [1.807, 2.05) is 26.0 Å². The number of hydrogen-bond acceptors (Lipinski definition) is 3. The Labute approximate surface area is 96.4 Å². The highest BCUT2D eigenvalue weighted by molar-refractivity contribution is 5.56. The lowest BCUT2D eigenvalue weighted by Crippen LogP contribution is -2.01. The topological polar surface area (TPSA) is 35.5 Å². The molecule has 3 heteroatoms. The van der Waals surface area contributed by atoms with Gasteiger partial charge in [0.05, 0.1) is 14.2 Å². The van der Waals surface area contributed by atoms with E-state index in [1.165, 1.54) is 0 Å². The summed E-state index contributed by atoms with van der Waals surface area (Å²) in [6.07, 6.45) is 1.42. The molecule has 0 fully saturated rings. The molecule has 1 atom stereocenters. The fraction of sp³-hybridized carbons (Fsp3) is 0.462. The maximum Gasteiger partial charge on any atom is 0.164 e. The minimum absolute atomic E-state index is 0.140. The van der Waals surface area contributed by atoms with Gasteiger partial charge in [0.2, 0.25) is 0 Å². The van der Waals surface area contributed by atoms with E-state index in [0.717, 1.165) is 28.9 Å². The van der Waals surface area contributed by atoms with Crippen molar-refractivity contribution in [3.63, 3.8) is 0 Å². The van der Waals surface area contributed by atoms with Crippen LogP contribution in [0.25, 0.3) is 0 Å². The normalized spacial score (nSPS) is 12.0. The lowest BCUT2D eigenvalue weighted by Gasteiger charge is -2.17. The predicted molar refractivity (Wildman–Crippen MR) is 63.4 cm³/mol. The molecule has 1 unspecified atom stereocenters. The maximum absolute atomic E-state index is 10.6. The van der Waals surface area contributed by atoms with Gasteiger partial charge < -0.3 is 14.3 Å². The van der Waals surface area contributed by atoms with Gasteiger partial charge in [0.25, 0.3) is 0 Å². The van der Waals surface area contributed by atoms with Gasteiger partial charge in [0, 0.05) is 12.0 Å². The lowest BCUT2D eigenvalue weighted by molar-refractivity contribution is -0.108. The second-order valence-corrected chi connectivity index (χ2v) is 3.89. The van der Waals surface area contributed by atoms with Crippen LogP contribution in [0.3, 0.4) is 0 Å². The number of rotatable bonds is 5. The number of ether oxygens (including phenoxy) is 2. The Morgan fingerprint density at radius 2 is 2.00 bits per heavy atom. The first-order valence-electron chi connectivity index (χ1n) is 5.30. The Kier molecular flexibility index (Phi) is 4.35. The van der Waals surface area contributed by atoms with Crippen LogP contribution in [-0.4, -0.2) is 20.5 Å². The average Bonchev–Trinajstić information content (AvgIpc) is 2.28. The van der Waals surface area contributed by atoms with Crippen LogP contribution in [0.15, 0.2) is 12.1 Å². The molecule has 0 N–H and O–H groups in total. The van der Waals surface area contributed by atoms with Gasteiger partial charge >= 0.3 is 0 Å². The second-order valence-electron chi connectivity index (χ2n) is 3.89. The third kappa shape index (κ3) is 2.54. The summed E-state index contributed by atoms with van der Waals surface area (Å²) in [7, 11) is 3.23. The molecule has 0 aliphatic rings. The largest absolute Gasteiger partial charge is 0.493 e. The zero-order valence-corrected chi connectivity index (χ0v) is 10.2. The van der Waals surface area contributed by atoms with E-state index >= 15 is 0 Å². The molecule has 1 aromatic carbocycles. The van der Waals surface area contributed by atoms with E-state index in [0.29, 0.717) is 6.42 Å². The summed E-state index contributed by atoms with van der Waals surface area (Å²) in [6, 6.07) is 3.96. The molecule has 0 heterocycles. The van der Waals surface area contributed by atoms with Gasteiger partial charge in [-0.25, -0.2) is 0 Å². The van der Waals surface area contributed by atoms with Crippen LogP contribution >= 0.6 is 0 Å². The fourth-order valence-corrected chi connectivity index (χ4v) is 1.77. The van der Waals surface area contributed by atoms with Gasteiger partial charge in [-0.3, -0.25) is 0 Å². The summed E-state index contributed by atoms with van der Waals surface area (Å²) >= 11 is 0. The summed E-state index contributed by atoms with van der Waals surface area (Å²) in [5.74, 6) is 1.58. The molecule has 0 aromatic heterocycles. The standard InChI is InChI=1S/C13H18O3/c1-9-7-11(10(2)5-6-14)13(16-4)12(8-9)15-3/h6-8,10H,5H2,1-4H3. The van der Waals surface area contributed by atoms with Gasteiger partial charge in [-0.15, -0.1) is 0 Å². The summed E-state index contributed by atoms with van der Waals surface area (Å²) in [5, 5.41) is 0. The Hall–Kier alpha value is -1.51. The van der Waals surface area contributed by atoms with E-state index in [-0.39, 0.29) is 5.92 Å². The highest BCUT2D eigenvalue weighted by atomic mass is 16.5. The highest BCUT2D eigenvalue weighted by Crippen LogP contribution is 2.37. The van der Waals surface area contributed by atoms with E-state index in [9.17, 15) is 4.79 Å². The van der Waals surface area contributed by atoms with Crippen LogP contribution in [-0.2, 0) is 4.79 Å². The van der Waals surface area contributed by atoms with Crippen molar-refractivity contribution in [2.75, 3.05) is 14.2 Å². The number of methoxy groups -OCH3 is 2. The lowest BCUT2D eigenvalue weighted by atomic mass is 9.95. The molecule has 0 saturated carbocycles. The molecule has 0 amide bonds. The van der Waals surface area contributed by atoms with Crippen molar-refractivity contribution in [1.82, 2.24) is 0 Å². The van der Waals surface area contributed by atoms with Gasteiger partial charge in [0.15, 0.2) is 11.5 Å². The van der Waals surface area contributed by atoms with E-state index < -0.39 is 0 Å². The maximum atomic E-state index is 10.6. The number of hydrogen-bond donors (Lipinski definition) is 0. The van der Waals surface area contributed by atoms with Crippen molar-refractivity contribution in [3.05, 3.63) is 23.3 Å². The Morgan fingerprint density at radius 1 is 1.31 bits per heavy atom. The van der Waals surface area contributed by atoms with E-state index in [4.69, 9.17) is 9.47 Å². The molecule has 16 heavy (non-hydrogen) atoms. The first-order chi connectivity index (χ1) is 7.63. The zero-order chi connectivity index (χ0) is 12.1. The van der Waals surface area contributed by atoms with E-state index in [1.54, 1.807) is 14.2 Å². The zero-order valence-electron chi connectivity index (χ0n) is 10.2. The van der Waals surface area contributed by atoms with Crippen molar-refractivity contribution in [2.45, 2.75) is 26.2 Å². The SMILES string of the molecule is COc1cc(C)cc(C(C)CC=O)c1OC. The third-order valence-corrected chi connectivity index (χ3v) is 2.63. The molecule has 3 nitrogen and oxygen atoms in total. The smallest absolute Gasteiger partial charge is 0.164 e. The summed E-state index contributed by atoms with van der Waals surface area (Å²) < 4.78 is 10.6. The number of benzene rings is 1. The van der Waals surface area contributed by atoms with Crippen molar-refractivity contribution in [3.8, 4) is 11.5 Å². The molecule has 0 aliphatic heterocycles. The minimum Gasteiger partial charge on any atom is -0.493 e. The van der Waals surface area contributed by atoms with Gasteiger partial charge in [-0.05, 0) is 24.5 Å². The summed E-state index contributed by atoms with van der Waals surface area (Å²) in [6.45, 7) is 4.00. The van der Waals surface area contributed by atoms with Crippen LogP contribution in [0.1, 0.15) is 30.4 Å². The molecule has 0 aliphatic carbocycles. The van der Waals surface area contributed by atoms with Crippen LogP contribution in [0.5, 0.6) is 11.5 Å². The Morgan fingerprint density at radius 3 is 2.50 bits per heavy atom. The molecule has 1 aromatic rings. The quantitative estimate of drug-likeness (QED) is 0.718. The first kappa shape index (κ1) is 12.6. The minimum atomic E-state index is 0.140. The second kappa shape index (κ2) is 5.54. The molecule has 0 radical (unpaired) electrons. The van der Waals surface area contributed by atoms with Gasteiger partial charge in [-0.2, -0.15) is 0 Å². The Balaban J connectivity index is 3.24. The Bertz CT molecular complexity index is 372. The average molecular weight is 222 g/mol. The molecule has 0 spiro atoms. The summed E-state index contributed by atoms with van der Waals surface area (Å²) in [5.41, 5.74) is 2.12. The molecule has 0 bridgehead atoms. The van der Waals surface area contributed by atoms with Gasteiger partial charge in [0.1, 0.15) is 6.29 Å². The molecule has 1 rings (SSSR count). The molecular weight excluding hydrogens is 204 g/mol. The van der Waals surface area contributed by atoms with Crippen LogP contribution in [0.4, 0.5) is 0 Å². The highest BCUT2D eigenvalue weighted by Gasteiger charge is 2.16. The molecular formula is C13H18O3. The van der Waals surface area contributed by atoms with Crippen LogP contribution < -0.4 is 9.47 Å². The number of aldehydes is 1. The monoisotopic (exact) mass is 222 g/mol. The number of carbonyl (C=O) groups excluding carboxylic acids is 1. The summed E-state index contributed by atoms with van der Waals surface area (Å²) in [4.78, 5) is 10.6.